The molecule has 7 nitrogen and oxygen atoms in total. The number of ether oxygens (including phenoxy) is 1. The molecule has 140 valence electrons. The highest BCUT2D eigenvalue weighted by atomic mass is 16.5. The van der Waals surface area contributed by atoms with Gasteiger partial charge in [-0.1, -0.05) is 12.1 Å². The summed E-state index contributed by atoms with van der Waals surface area (Å²) in [7, 11) is 0. The van der Waals surface area contributed by atoms with Crippen LogP contribution in [-0.2, 0) is 27.3 Å². The average Bonchev–Trinajstić information content (AvgIpc) is 3.30. The molecule has 4 heterocycles. The second kappa shape index (κ2) is 7.84. The maximum atomic E-state index is 12.8. The standard InChI is InChI=1S/C20H22N4O3/c25-18(10-15-5-1-2-8-22-15)24-13-16(19-17(24)6-9-27-19)20(26)23-12-14-4-3-7-21-11-14/h1-5,7-8,11,16-17,19H,6,9-10,12-13H2,(H,23,26)/t16-,17+,19+/m1/s1. The van der Waals surface area contributed by atoms with Gasteiger partial charge >= 0.3 is 0 Å². The summed E-state index contributed by atoms with van der Waals surface area (Å²) in [6.07, 6.45) is 5.89. The minimum Gasteiger partial charge on any atom is -0.375 e. The van der Waals surface area contributed by atoms with Crippen LogP contribution in [0.1, 0.15) is 17.7 Å². The summed E-state index contributed by atoms with van der Waals surface area (Å²) >= 11 is 0. The maximum absolute atomic E-state index is 12.8. The van der Waals surface area contributed by atoms with E-state index in [1.807, 2.05) is 30.3 Å². The van der Waals surface area contributed by atoms with E-state index < -0.39 is 0 Å². The van der Waals surface area contributed by atoms with Crippen LogP contribution >= 0.6 is 0 Å². The zero-order valence-electron chi connectivity index (χ0n) is 15.0. The van der Waals surface area contributed by atoms with Crippen molar-refractivity contribution in [3.63, 3.8) is 0 Å². The average molecular weight is 366 g/mol. The molecule has 0 aliphatic carbocycles. The van der Waals surface area contributed by atoms with Crippen LogP contribution < -0.4 is 5.32 Å². The molecule has 0 saturated carbocycles. The third-order valence-corrected chi connectivity index (χ3v) is 5.20. The number of pyridine rings is 2. The number of carbonyl (C=O) groups is 2. The number of fused-ring (bicyclic) bond motifs is 1. The second-order valence-corrected chi connectivity index (χ2v) is 6.92. The van der Waals surface area contributed by atoms with Gasteiger partial charge in [-0.2, -0.15) is 0 Å². The van der Waals surface area contributed by atoms with Crippen molar-refractivity contribution in [1.29, 1.82) is 0 Å². The van der Waals surface area contributed by atoms with Crippen LogP contribution in [0.3, 0.4) is 0 Å². The largest absolute Gasteiger partial charge is 0.375 e. The molecule has 27 heavy (non-hydrogen) atoms. The van der Waals surface area contributed by atoms with Crippen molar-refractivity contribution in [2.75, 3.05) is 13.2 Å². The number of hydrogen-bond donors (Lipinski definition) is 1. The van der Waals surface area contributed by atoms with Gasteiger partial charge in [-0.25, -0.2) is 0 Å². The number of rotatable bonds is 5. The number of nitrogens with one attached hydrogen (secondary N) is 1. The normalized spacial score (nSPS) is 23.9. The van der Waals surface area contributed by atoms with E-state index in [0.29, 0.717) is 19.7 Å². The number of carbonyl (C=O) groups excluding carboxylic acids is 2. The molecule has 1 N–H and O–H groups in total. The van der Waals surface area contributed by atoms with Gasteiger partial charge in [-0.3, -0.25) is 19.6 Å². The van der Waals surface area contributed by atoms with Crippen LogP contribution in [0.5, 0.6) is 0 Å². The van der Waals surface area contributed by atoms with Gasteiger partial charge < -0.3 is 15.0 Å². The number of nitrogens with zero attached hydrogens (tertiary/aromatic N) is 3. The van der Waals surface area contributed by atoms with Gasteiger partial charge in [0.2, 0.25) is 11.8 Å². The first kappa shape index (κ1) is 17.6. The molecule has 2 saturated heterocycles. The van der Waals surface area contributed by atoms with Crippen LogP contribution in [0.2, 0.25) is 0 Å². The summed E-state index contributed by atoms with van der Waals surface area (Å²) in [4.78, 5) is 35.6. The van der Waals surface area contributed by atoms with E-state index in [-0.39, 0.29) is 36.3 Å². The van der Waals surface area contributed by atoms with Gasteiger partial charge in [-0.15, -0.1) is 0 Å². The van der Waals surface area contributed by atoms with Crippen molar-refractivity contribution in [3.8, 4) is 0 Å². The molecule has 3 atom stereocenters. The Hall–Kier alpha value is -2.80. The molecule has 0 bridgehead atoms. The number of hydrogen-bond acceptors (Lipinski definition) is 5. The highest BCUT2D eigenvalue weighted by Crippen LogP contribution is 2.34. The van der Waals surface area contributed by atoms with E-state index in [1.165, 1.54) is 0 Å². The molecule has 0 unspecified atom stereocenters. The number of amides is 2. The van der Waals surface area contributed by atoms with Crippen LogP contribution in [0.25, 0.3) is 0 Å². The van der Waals surface area contributed by atoms with Gasteiger partial charge in [0.1, 0.15) is 0 Å². The first-order valence-electron chi connectivity index (χ1n) is 9.20. The van der Waals surface area contributed by atoms with E-state index in [1.54, 1.807) is 23.5 Å². The van der Waals surface area contributed by atoms with Crippen LogP contribution in [-0.4, -0.2) is 52.0 Å². The predicted octanol–water partition coefficient (Wildman–Crippen LogP) is 0.951. The number of likely N-dealkylation sites (tertiary alicyclic amines) is 1. The van der Waals surface area contributed by atoms with E-state index in [2.05, 4.69) is 15.3 Å². The maximum Gasteiger partial charge on any atom is 0.228 e. The van der Waals surface area contributed by atoms with Crippen LogP contribution in [0, 0.1) is 5.92 Å². The van der Waals surface area contributed by atoms with Crippen molar-refractivity contribution in [2.24, 2.45) is 5.92 Å². The molecule has 2 aliphatic heterocycles. The predicted molar refractivity (Wildman–Crippen MR) is 97.4 cm³/mol. The Kier molecular flexibility index (Phi) is 5.11. The van der Waals surface area contributed by atoms with E-state index in [4.69, 9.17) is 4.74 Å². The Balaban J connectivity index is 1.41. The zero-order valence-corrected chi connectivity index (χ0v) is 15.0. The van der Waals surface area contributed by atoms with E-state index in [0.717, 1.165) is 17.7 Å². The molecule has 4 rings (SSSR count). The zero-order chi connectivity index (χ0) is 18.6. The Morgan fingerprint density at radius 2 is 2.15 bits per heavy atom. The van der Waals surface area contributed by atoms with Gasteiger partial charge in [0.15, 0.2) is 0 Å². The Labute approximate surface area is 157 Å². The first-order chi connectivity index (χ1) is 13.2. The van der Waals surface area contributed by atoms with E-state index >= 15 is 0 Å². The van der Waals surface area contributed by atoms with E-state index in [9.17, 15) is 9.59 Å². The fourth-order valence-electron chi connectivity index (χ4n) is 3.87. The monoisotopic (exact) mass is 366 g/mol. The topological polar surface area (TPSA) is 84.4 Å². The molecular formula is C20H22N4O3. The molecule has 2 aromatic rings. The lowest BCUT2D eigenvalue weighted by molar-refractivity contribution is -0.131. The second-order valence-electron chi connectivity index (χ2n) is 6.92. The summed E-state index contributed by atoms with van der Waals surface area (Å²) < 4.78 is 5.81. The molecule has 2 amide bonds. The Bertz CT molecular complexity index is 799. The smallest absolute Gasteiger partial charge is 0.228 e. The van der Waals surface area contributed by atoms with Crippen LogP contribution in [0.15, 0.2) is 48.9 Å². The highest BCUT2D eigenvalue weighted by molar-refractivity contribution is 5.84. The molecule has 2 aromatic heterocycles. The van der Waals surface area contributed by atoms with Crippen molar-refractivity contribution in [1.82, 2.24) is 20.2 Å². The molecule has 2 aliphatic rings. The molecule has 0 radical (unpaired) electrons. The Morgan fingerprint density at radius 1 is 1.22 bits per heavy atom. The van der Waals surface area contributed by atoms with Crippen LogP contribution in [0.4, 0.5) is 0 Å². The van der Waals surface area contributed by atoms with Gasteiger partial charge in [0, 0.05) is 44.0 Å². The highest BCUT2D eigenvalue weighted by Gasteiger charge is 2.50. The fourth-order valence-corrected chi connectivity index (χ4v) is 3.87. The summed E-state index contributed by atoms with van der Waals surface area (Å²) in [6.45, 7) is 1.39. The van der Waals surface area contributed by atoms with Crippen molar-refractivity contribution < 1.29 is 14.3 Å². The minimum absolute atomic E-state index is 0.00300. The van der Waals surface area contributed by atoms with Crippen molar-refractivity contribution in [3.05, 3.63) is 60.2 Å². The lowest BCUT2D eigenvalue weighted by atomic mass is 10.0. The molecule has 7 heteroatoms. The SMILES string of the molecule is O=C(NCc1cccnc1)[C@@H]1CN(C(=O)Cc2ccccn2)[C@H]2CCO[C@@H]12. The number of aromatic nitrogens is 2. The minimum atomic E-state index is -0.346. The lowest BCUT2D eigenvalue weighted by Crippen LogP contribution is -2.38. The Morgan fingerprint density at radius 3 is 2.93 bits per heavy atom. The molecular weight excluding hydrogens is 344 g/mol. The third-order valence-electron chi connectivity index (χ3n) is 5.20. The van der Waals surface area contributed by atoms with Crippen molar-refractivity contribution in [2.45, 2.75) is 31.5 Å². The molecule has 0 aromatic carbocycles. The summed E-state index contributed by atoms with van der Waals surface area (Å²) in [5.41, 5.74) is 1.68. The molecule has 2 fully saturated rings. The lowest BCUT2D eigenvalue weighted by Gasteiger charge is -2.22. The van der Waals surface area contributed by atoms with Gasteiger partial charge in [0.05, 0.1) is 24.5 Å². The van der Waals surface area contributed by atoms with Gasteiger partial charge in [0.25, 0.3) is 0 Å². The summed E-state index contributed by atoms with van der Waals surface area (Å²) in [5.74, 6) is -0.428. The van der Waals surface area contributed by atoms with Crippen molar-refractivity contribution >= 4 is 11.8 Å². The first-order valence-corrected chi connectivity index (χ1v) is 9.20. The van der Waals surface area contributed by atoms with Gasteiger partial charge in [-0.05, 0) is 30.2 Å². The molecule has 0 spiro atoms. The quantitative estimate of drug-likeness (QED) is 0.852. The third kappa shape index (κ3) is 3.83. The summed E-state index contributed by atoms with van der Waals surface area (Å²) in [5, 5.41) is 2.95. The summed E-state index contributed by atoms with van der Waals surface area (Å²) in [6, 6.07) is 9.26. The fraction of sp³-hybridized carbons (Fsp3) is 0.400.